The van der Waals surface area contributed by atoms with Crippen molar-refractivity contribution in [3.05, 3.63) is 23.5 Å². The van der Waals surface area contributed by atoms with E-state index in [9.17, 15) is 4.39 Å². The van der Waals surface area contributed by atoms with E-state index < -0.39 is 0 Å². The summed E-state index contributed by atoms with van der Waals surface area (Å²) in [5.74, 6) is 0.579. The van der Waals surface area contributed by atoms with Gasteiger partial charge in [0, 0.05) is 32.2 Å². The van der Waals surface area contributed by atoms with Gasteiger partial charge in [-0.05, 0) is 18.6 Å². The number of hydrogen-bond acceptors (Lipinski definition) is 3. The second kappa shape index (κ2) is 4.70. The standard InChI is InChI=1S/C12H17FN2O/c1-9-7-10(16-2)8-11(12(9)13)15-5-3-14-4-6-15/h7-8,14H,3-6H2,1-2H3. The Bertz CT molecular complexity index is 376. The van der Waals surface area contributed by atoms with Gasteiger partial charge in [0.2, 0.25) is 0 Å². The zero-order valence-electron chi connectivity index (χ0n) is 9.72. The average Bonchev–Trinajstić information content (AvgIpc) is 2.33. The monoisotopic (exact) mass is 224 g/mol. The molecule has 0 unspecified atom stereocenters. The Morgan fingerprint density at radius 3 is 2.62 bits per heavy atom. The first kappa shape index (κ1) is 11.2. The number of aryl methyl sites for hydroxylation is 1. The van der Waals surface area contributed by atoms with Crippen LogP contribution in [0.25, 0.3) is 0 Å². The van der Waals surface area contributed by atoms with Gasteiger partial charge >= 0.3 is 0 Å². The van der Waals surface area contributed by atoms with Crippen LogP contribution in [0.15, 0.2) is 12.1 Å². The van der Waals surface area contributed by atoms with Crippen LogP contribution >= 0.6 is 0 Å². The summed E-state index contributed by atoms with van der Waals surface area (Å²) in [6, 6.07) is 3.49. The lowest BCUT2D eigenvalue weighted by Gasteiger charge is -2.30. The summed E-state index contributed by atoms with van der Waals surface area (Å²) in [4.78, 5) is 2.06. The molecule has 0 bridgehead atoms. The molecule has 0 aromatic heterocycles. The number of piperazine rings is 1. The number of rotatable bonds is 2. The van der Waals surface area contributed by atoms with Gasteiger partial charge in [0.05, 0.1) is 12.8 Å². The van der Waals surface area contributed by atoms with Crippen molar-refractivity contribution in [2.75, 3.05) is 38.2 Å². The molecule has 2 rings (SSSR count). The Balaban J connectivity index is 2.33. The number of nitrogens with zero attached hydrogens (tertiary/aromatic N) is 1. The van der Waals surface area contributed by atoms with Crippen molar-refractivity contribution < 1.29 is 9.13 Å². The number of anilines is 1. The molecule has 1 aliphatic heterocycles. The third kappa shape index (κ3) is 2.11. The first-order chi connectivity index (χ1) is 7.72. The molecular weight excluding hydrogens is 207 g/mol. The zero-order chi connectivity index (χ0) is 11.5. The minimum absolute atomic E-state index is 0.136. The van der Waals surface area contributed by atoms with Crippen LogP contribution in [-0.2, 0) is 0 Å². The Kier molecular flexibility index (Phi) is 3.29. The average molecular weight is 224 g/mol. The predicted octanol–water partition coefficient (Wildman–Crippen LogP) is 1.55. The van der Waals surface area contributed by atoms with Crippen LogP contribution in [0.2, 0.25) is 0 Å². The van der Waals surface area contributed by atoms with Crippen LogP contribution < -0.4 is 15.0 Å². The highest BCUT2D eigenvalue weighted by molar-refractivity contribution is 5.55. The third-order valence-electron chi connectivity index (χ3n) is 2.90. The first-order valence-corrected chi connectivity index (χ1v) is 5.52. The van der Waals surface area contributed by atoms with E-state index in [2.05, 4.69) is 10.2 Å². The van der Waals surface area contributed by atoms with Gasteiger partial charge in [0.1, 0.15) is 11.6 Å². The van der Waals surface area contributed by atoms with Gasteiger partial charge in [0.25, 0.3) is 0 Å². The Morgan fingerprint density at radius 2 is 2.00 bits per heavy atom. The summed E-state index contributed by atoms with van der Waals surface area (Å²) in [6.07, 6.45) is 0. The lowest BCUT2D eigenvalue weighted by molar-refractivity contribution is 0.413. The third-order valence-corrected chi connectivity index (χ3v) is 2.90. The molecule has 1 heterocycles. The van der Waals surface area contributed by atoms with Gasteiger partial charge in [-0.1, -0.05) is 0 Å². The van der Waals surface area contributed by atoms with Crippen LogP contribution in [0, 0.1) is 12.7 Å². The summed E-state index contributed by atoms with van der Waals surface area (Å²) >= 11 is 0. The maximum absolute atomic E-state index is 14.0. The fourth-order valence-corrected chi connectivity index (χ4v) is 1.97. The van der Waals surface area contributed by atoms with E-state index in [1.54, 1.807) is 26.2 Å². The topological polar surface area (TPSA) is 24.5 Å². The molecule has 1 aromatic rings. The Hall–Kier alpha value is -1.29. The highest BCUT2D eigenvalue weighted by atomic mass is 19.1. The van der Waals surface area contributed by atoms with Crippen molar-refractivity contribution >= 4 is 5.69 Å². The molecule has 0 atom stereocenters. The van der Waals surface area contributed by atoms with Crippen molar-refractivity contribution in [2.45, 2.75) is 6.92 Å². The molecule has 0 radical (unpaired) electrons. The number of hydrogen-bond donors (Lipinski definition) is 1. The maximum Gasteiger partial charge on any atom is 0.149 e. The Labute approximate surface area is 95.2 Å². The van der Waals surface area contributed by atoms with Gasteiger partial charge in [0.15, 0.2) is 0 Å². The smallest absolute Gasteiger partial charge is 0.149 e. The second-order valence-electron chi connectivity index (χ2n) is 4.01. The number of nitrogens with one attached hydrogen (secondary N) is 1. The SMILES string of the molecule is COc1cc(C)c(F)c(N2CCNCC2)c1. The molecule has 1 N–H and O–H groups in total. The van der Waals surface area contributed by atoms with Gasteiger partial charge in [-0.3, -0.25) is 0 Å². The fraction of sp³-hybridized carbons (Fsp3) is 0.500. The molecule has 0 spiro atoms. The Morgan fingerprint density at radius 1 is 1.31 bits per heavy atom. The van der Waals surface area contributed by atoms with Gasteiger partial charge in [-0.2, -0.15) is 0 Å². The highest BCUT2D eigenvalue weighted by Crippen LogP contribution is 2.28. The quantitative estimate of drug-likeness (QED) is 0.825. The van der Waals surface area contributed by atoms with Crippen molar-refractivity contribution in [1.82, 2.24) is 5.32 Å². The van der Waals surface area contributed by atoms with E-state index in [0.29, 0.717) is 17.0 Å². The molecular formula is C12H17FN2O. The molecule has 1 fully saturated rings. The minimum Gasteiger partial charge on any atom is -0.497 e. The molecule has 0 amide bonds. The van der Waals surface area contributed by atoms with Gasteiger partial charge in [-0.15, -0.1) is 0 Å². The summed E-state index contributed by atoms with van der Waals surface area (Å²) in [7, 11) is 1.61. The predicted molar refractivity (Wildman–Crippen MR) is 62.8 cm³/mol. The molecule has 88 valence electrons. The highest BCUT2D eigenvalue weighted by Gasteiger charge is 2.17. The summed E-state index contributed by atoms with van der Waals surface area (Å²) in [6.45, 7) is 5.24. The molecule has 3 nitrogen and oxygen atoms in total. The van der Waals surface area contributed by atoms with Crippen LogP contribution in [0.5, 0.6) is 5.75 Å². The van der Waals surface area contributed by atoms with Gasteiger partial charge < -0.3 is 15.0 Å². The maximum atomic E-state index is 14.0. The lowest BCUT2D eigenvalue weighted by Crippen LogP contribution is -2.43. The van der Waals surface area contributed by atoms with E-state index in [1.807, 2.05) is 0 Å². The molecule has 0 aliphatic carbocycles. The zero-order valence-corrected chi connectivity index (χ0v) is 9.72. The van der Waals surface area contributed by atoms with Gasteiger partial charge in [-0.25, -0.2) is 4.39 Å². The van der Waals surface area contributed by atoms with Crippen molar-refractivity contribution in [3.8, 4) is 5.75 Å². The molecule has 4 heteroatoms. The number of halogens is 1. The molecule has 1 saturated heterocycles. The van der Waals surface area contributed by atoms with Crippen LogP contribution in [-0.4, -0.2) is 33.3 Å². The summed E-state index contributed by atoms with van der Waals surface area (Å²) in [5, 5.41) is 3.25. The van der Waals surface area contributed by atoms with E-state index >= 15 is 0 Å². The van der Waals surface area contributed by atoms with Crippen LogP contribution in [0.1, 0.15) is 5.56 Å². The summed E-state index contributed by atoms with van der Waals surface area (Å²) < 4.78 is 19.2. The number of ether oxygens (including phenoxy) is 1. The van der Waals surface area contributed by atoms with Crippen LogP contribution in [0.4, 0.5) is 10.1 Å². The van der Waals surface area contributed by atoms with E-state index in [1.165, 1.54) is 0 Å². The van der Waals surface area contributed by atoms with Crippen molar-refractivity contribution in [3.63, 3.8) is 0 Å². The number of methoxy groups -OCH3 is 1. The lowest BCUT2D eigenvalue weighted by atomic mass is 10.1. The largest absolute Gasteiger partial charge is 0.497 e. The normalized spacial score (nSPS) is 16.3. The van der Waals surface area contributed by atoms with E-state index in [-0.39, 0.29) is 5.82 Å². The molecule has 16 heavy (non-hydrogen) atoms. The van der Waals surface area contributed by atoms with E-state index in [0.717, 1.165) is 26.2 Å². The van der Waals surface area contributed by atoms with Crippen molar-refractivity contribution in [2.24, 2.45) is 0 Å². The van der Waals surface area contributed by atoms with E-state index in [4.69, 9.17) is 4.74 Å². The molecule has 1 aromatic carbocycles. The summed E-state index contributed by atoms with van der Waals surface area (Å²) in [5.41, 5.74) is 1.28. The molecule has 0 saturated carbocycles. The van der Waals surface area contributed by atoms with Crippen LogP contribution in [0.3, 0.4) is 0 Å². The molecule has 1 aliphatic rings. The van der Waals surface area contributed by atoms with Crippen molar-refractivity contribution in [1.29, 1.82) is 0 Å². The minimum atomic E-state index is -0.136. The second-order valence-corrected chi connectivity index (χ2v) is 4.01. The number of benzene rings is 1. The fourth-order valence-electron chi connectivity index (χ4n) is 1.97. The first-order valence-electron chi connectivity index (χ1n) is 5.52.